The van der Waals surface area contributed by atoms with E-state index in [4.69, 9.17) is 9.72 Å². The van der Waals surface area contributed by atoms with Crippen LogP contribution in [0.3, 0.4) is 0 Å². The topological polar surface area (TPSA) is 49.2 Å². The van der Waals surface area contributed by atoms with Crippen molar-refractivity contribution in [2.75, 3.05) is 12.4 Å². The lowest BCUT2D eigenvalue weighted by Crippen LogP contribution is -1.98. The first-order valence-corrected chi connectivity index (χ1v) is 9.14. The van der Waals surface area contributed by atoms with Gasteiger partial charge in [-0.2, -0.15) is 5.26 Å². The number of nitrogens with zero attached hydrogens (tertiary/aromatic N) is 2. The molecule has 1 saturated heterocycles. The van der Waals surface area contributed by atoms with E-state index in [1.165, 1.54) is 0 Å². The summed E-state index contributed by atoms with van der Waals surface area (Å²) in [4.78, 5) is 4.78. The Morgan fingerprint density at radius 3 is 2.28 bits per heavy atom. The van der Waals surface area contributed by atoms with Crippen LogP contribution in [0.15, 0.2) is 71.8 Å². The molecule has 1 unspecified atom stereocenters. The Kier molecular flexibility index (Phi) is 4.51. The van der Waals surface area contributed by atoms with Gasteiger partial charge in [-0.3, -0.25) is 0 Å². The summed E-state index contributed by atoms with van der Waals surface area (Å²) in [5.74, 6) is 0.828. The molecule has 0 aliphatic carbocycles. The normalized spacial score (nSPS) is 15.6. The van der Waals surface area contributed by atoms with Crippen molar-refractivity contribution in [2.45, 2.75) is 11.1 Å². The Balaban J connectivity index is 1.85. The standard InChI is InChI=1S/C21H16N2OS/c22-12-19-18(15-7-3-1-4-8-15)11-20(16-9-5-2-6-10-16)23-21(19)25-14-17-13-24-17/h1-11,17H,13-14H2. The van der Waals surface area contributed by atoms with E-state index in [0.717, 1.165) is 39.8 Å². The molecule has 3 aromatic rings. The van der Waals surface area contributed by atoms with Gasteiger partial charge in [-0.05, 0) is 11.6 Å². The minimum absolute atomic E-state index is 0.291. The number of hydrogen-bond donors (Lipinski definition) is 0. The van der Waals surface area contributed by atoms with Gasteiger partial charge in [0, 0.05) is 16.9 Å². The van der Waals surface area contributed by atoms with Crippen LogP contribution in [0.25, 0.3) is 22.4 Å². The number of thioether (sulfide) groups is 1. The van der Waals surface area contributed by atoms with Gasteiger partial charge >= 0.3 is 0 Å². The number of epoxide rings is 1. The number of benzene rings is 2. The molecule has 0 amide bonds. The van der Waals surface area contributed by atoms with Crippen LogP contribution >= 0.6 is 11.8 Å². The van der Waals surface area contributed by atoms with Crippen molar-refractivity contribution < 1.29 is 4.74 Å². The molecule has 1 aliphatic rings. The van der Waals surface area contributed by atoms with E-state index in [-0.39, 0.29) is 0 Å². The molecule has 1 aromatic heterocycles. The van der Waals surface area contributed by atoms with Crippen molar-refractivity contribution in [1.29, 1.82) is 5.26 Å². The molecule has 2 aromatic carbocycles. The lowest BCUT2D eigenvalue weighted by atomic mass is 9.99. The fourth-order valence-electron chi connectivity index (χ4n) is 2.67. The number of rotatable bonds is 5. The molecule has 0 saturated carbocycles. The van der Waals surface area contributed by atoms with Gasteiger partial charge in [0.15, 0.2) is 0 Å². The van der Waals surface area contributed by atoms with E-state index in [0.29, 0.717) is 11.7 Å². The van der Waals surface area contributed by atoms with Crippen LogP contribution in [0.2, 0.25) is 0 Å². The molecule has 4 rings (SSSR count). The van der Waals surface area contributed by atoms with Gasteiger partial charge in [-0.15, -0.1) is 11.8 Å². The summed E-state index contributed by atoms with van der Waals surface area (Å²) in [6.07, 6.45) is 0.291. The Hall–Kier alpha value is -2.61. The summed E-state index contributed by atoms with van der Waals surface area (Å²) in [5.41, 5.74) is 4.53. The van der Waals surface area contributed by atoms with Crippen LogP contribution in [0.4, 0.5) is 0 Å². The monoisotopic (exact) mass is 344 g/mol. The second kappa shape index (κ2) is 7.10. The van der Waals surface area contributed by atoms with Crippen LogP contribution in [0.5, 0.6) is 0 Å². The Bertz CT molecular complexity index is 916. The predicted molar refractivity (Wildman–Crippen MR) is 100 cm³/mol. The minimum atomic E-state index is 0.291. The SMILES string of the molecule is N#Cc1c(-c2ccccc2)cc(-c2ccccc2)nc1SCC1CO1. The smallest absolute Gasteiger partial charge is 0.115 e. The second-order valence-corrected chi connectivity index (χ2v) is 6.85. The van der Waals surface area contributed by atoms with Crippen molar-refractivity contribution in [3.05, 3.63) is 72.3 Å². The van der Waals surface area contributed by atoms with Crippen LogP contribution in [-0.2, 0) is 4.74 Å². The summed E-state index contributed by atoms with van der Waals surface area (Å²) in [7, 11) is 0. The highest BCUT2D eigenvalue weighted by Crippen LogP contribution is 2.35. The van der Waals surface area contributed by atoms with Crippen LogP contribution < -0.4 is 0 Å². The number of hydrogen-bond acceptors (Lipinski definition) is 4. The fourth-order valence-corrected chi connectivity index (χ4v) is 3.67. The lowest BCUT2D eigenvalue weighted by molar-refractivity contribution is 0.426. The lowest BCUT2D eigenvalue weighted by Gasteiger charge is -2.12. The van der Waals surface area contributed by atoms with Crippen molar-refractivity contribution >= 4 is 11.8 Å². The largest absolute Gasteiger partial charge is 0.372 e. The van der Waals surface area contributed by atoms with E-state index >= 15 is 0 Å². The van der Waals surface area contributed by atoms with Gasteiger partial charge in [-0.25, -0.2) is 4.98 Å². The van der Waals surface area contributed by atoms with Gasteiger partial charge in [0.25, 0.3) is 0 Å². The van der Waals surface area contributed by atoms with E-state index < -0.39 is 0 Å². The zero-order chi connectivity index (χ0) is 17.1. The molecule has 0 N–H and O–H groups in total. The molecule has 1 fully saturated rings. The van der Waals surface area contributed by atoms with Crippen LogP contribution in [0, 0.1) is 11.3 Å². The zero-order valence-corrected chi connectivity index (χ0v) is 14.4. The van der Waals surface area contributed by atoms with Crippen molar-refractivity contribution in [3.8, 4) is 28.5 Å². The number of pyridine rings is 1. The summed E-state index contributed by atoms with van der Waals surface area (Å²) in [6.45, 7) is 0.804. The first kappa shape index (κ1) is 15.9. The Morgan fingerprint density at radius 2 is 1.68 bits per heavy atom. The molecule has 0 radical (unpaired) electrons. The third kappa shape index (κ3) is 3.58. The van der Waals surface area contributed by atoms with Crippen molar-refractivity contribution in [2.24, 2.45) is 0 Å². The summed E-state index contributed by atoms with van der Waals surface area (Å²) in [5, 5.41) is 10.5. The molecule has 25 heavy (non-hydrogen) atoms. The number of aromatic nitrogens is 1. The maximum Gasteiger partial charge on any atom is 0.115 e. The van der Waals surface area contributed by atoms with Gasteiger partial charge in [0.2, 0.25) is 0 Å². The molecule has 0 bridgehead atoms. The fraction of sp³-hybridized carbons (Fsp3) is 0.143. The molecule has 2 heterocycles. The molecule has 1 aliphatic heterocycles. The highest BCUT2D eigenvalue weighted by Gasteiger charge is 2.24. The first-order valence-electron chi connectivity index (χ1n) is 8.15. The molecule has 3 nitrogen and oxygen atoms in total. The van der Waals surface area contributed by atoms with Gasteiger partial charge < -0.3 is 4.74 Å². The van der Waals surface area contributed by atoms with E-state index in [1.807, 2.05) is 66.7 Å². The van der Waals surface area contributed by atoms with Gasteiger partial charge in [0.1, 0.15) is 11.1 Å². The third-order valence-electron chi connectivity index (χ3n) is 4.06. The molecule has 1 atom stereocenters. The number of nitriles is 1. The average Bonchev–Trinajstić information content (AvgIpc) is 3.51. The quantitative estimate of drug-likeness (QED) is 0.494. The van der Waals surface area contributed by atoms with E-state index in [1.54, 1.807) is 11.8 Å². The Labute approximate surface area is 151 Å². The molecule has 4 heteroatoms. The third-order valence-corrected chi connectivity index (χ3v) is 5.17. The summed E-state index contributed by atoms with van der Waals surface area (Å²) >= 11 is 1.60. The summed E-state index contributed by atoms with van der Waals surface area (Å²) < 4.78 is 5.30. The predicted octanol–water partition coefficient (Wildman–Crippen LogP) is 4.78. The van der Waals surface area contributed by atoms with Crippen LogP contribution in [0.1, 0.15) is 5.56 Å². The summed E-state index contributed by atoms with van der Waals surface area (Å²) in [6, 6.07) is 24.5. The zero-order valence-electron chi connectivity index (χ0n) is 13.6. The van der Waals surface area contributed by atoms with Gasteiger partial charge in [0.05, 0.1) is 24.0 Å². The number of ether oxygens (including phenoxy) is 1. The van der Waals surface area contributed by atoms with E-state index in [2.05, 4.69) is 6.07 Å². The minimum Gasteiger partial charge on any atom is -0.372 e. The maximum atomic E-state index is 9.77. The molecular formula is C21H16N2OS. The average molecular weight is 344 g/mol. The first-order chi connectivity index (χ1) is 12.3. The molecule has 122 valence electrons. The highest BCUT2D eigenvalue weighted by molar-refractivity contribution is 7.99. The van der Waals surface area contributed by atoms with Crippen molar-refractivity contribution in [3.63, 3.8) is 0 Å². The molecular weight excluding hydrogens is 328 g/mol. The highest BCUT2D eigenvalue weighted by atomic mass is 32.2. The molecule has 0 spiro atoms. The Morgan fingerprint density at radius 1 is 1.04 bits per heavy atom. The van der Waals surface area contributed by atoms with Gasteiger partial charge in [-0.1, -0.05) is 60.7 Å². The van der Waals surface area contributed by atoms with Crippen LogP contribution in [-0.4, -0.2) is 23.4 Å². The van der Waals surface area contributed by atoms with Crippen molar-refractivity contribution in [1.82, 2.24) is 4.98 Å². The van der Waals surface area contributed by atoms with E-state index in [9.17, 15) is 5.26 Å². The second-order valence-electron chi connectivity index (χ2n) is 5.85. The maximum absolute atomic E-state index is 9.77.